The van der Waals surface area contributed by atoms with E-state index < -0.39 is 0 Å². The lowest BCUT2D eigenvalue weighted by Gasteiger charge is -2.29. The van der Waals surface area contributed by atoms with Crippen LogP contribution in [-0.4, -0.2) is 0 Å². The van der Waals surface area contributed by atoms with Gasteiger partial charge in [-0.1, -0.05) is 60.6 Å². The van der Waals surface area contributed by atoms with E-state index in [2.05, 4.69) is 48.6 Å². The molecule has 0 radical (unpaired) electrons. The molecule has 0 aromatic heterocycles. The summed E-state index contributed by atoms with van der Waals surface area (Å²) in [5.41, 5.74) is 6.86. The molecule has 1 spiro atoms. The van der Waals surface area contributed by atoms with Crippen molar-refractivity contribution in [3.05, 3.63) is 70.8 Å². The highest BCUT2D eigenvalue weighted by Crippen LogP contribution is 2.62. The summed E-state index contributed by atoms with van der Waals surface area (Å²) >= 11 is 0. The maximum atomic E-state index is 2.34. The molecule has 0 amide bonds. The third-order valence-electron chi connectivity index (χ3n) is 4.80. The largest absolute Gasteiger partial charge is 0.0801 e. The van der Waals surface area contributed by atoms with Crippen LogP contribution in [0.1, 0.15) is 43.2 Å². The van der Waals surface area contributed by atoms with E-state index in [1.165, 1.54) is 25.7 Å². The van der Waals surface area contributed by atoms with Crippen molar-refractivity contribution in [3.8, 4) is 0 Å². The predicted molar refractivity (Wildman–Crippen MR) is 75.6 cm³/mol. The Morgan fingerprint density at radius 1 is 0.944 bits per heavy atom. The van der Waals surface area contributed by atoms with Gasteiger partial charge in [-0.2, -0.15) is 0 Å². The van der Waals surface area contributed by atoms with E-state index in [1.54, 1.807) is 22.3 Å². The fourth-order valence-corrected chi connectivity index (χ4v) is 3.95. The molecule has 0 N–H and O–H groups in total. The second kappa shape index (κ2) is 3.71. The molecule has 1 saturated carbocycles. The molecule has 18 heavy (non-hydrogen) atoms. The number of rotatable bonds is 0. The van der Waals surface area contributed by atoms with Gasteiger partial charge in [0.05, 0.1) is 0 Å². The van der Waals surface area contributed by atoms with E-state index in [0.29, 0.717) is 5.41 Å². The van der Waals surface area contributed by atoms with Gasteiger partial charge < -0.3 is 0 Å². The molecule has 4 rings (SSSR count). The highest BCUT2D eigenvalue weighted by molar-refractivity contribution is 5.68. The van der Waals surface area contributed by atoms with Crippen molar-refractivity contribution in [2.75, 3.05) is 0 Å². The molecule has 3 aliphatic carbocycles. The first-order valence-corrected chi connectivity index (χ1v) is 7.08. The van der Waals surface area contributed by atoms with E-state index >= 15 is 0 Å². The van der Waals surface area contributed by atoms with Crippen molar-refractivity contribution >= 4 is 0 Å². The summed E-state index contributed by atoms with van der Waals surface area (Å²) < 4.78 is 0. The summed E-state index contributed by atoms with van der Waals surface area (Å²) in [5.74, 6) is 0. The van der Waals surface area contributed by atoms with Gasteiger partial charge in [-0.3, -0.25) is 0 Å². The average molecular weight is 234 g/mol. The van der Waals surface area contributed by atoms with Crippen molar-refractivity contribution in [1.82, 2.24) is 0 Å². The van der Waals surface area contributed by atoms with Crippen LogP contribution in [0.2, 0.25) is 0 Å². The van der Waals surface area contributed by atoms with Crippen LogP contribution in [0.3, 0.4) is 0 Å². The minimum absolute atomic E-state index is 0.354. The van der Waals surface area contributed by atoms with Gasteiger partial charge in [0.25, 0.3) is 0 Å². The fraction of sp³-hybridized carbons (Fsp3) is 0.333. The lowest BCUT2D eigenvalue weighted by molar-refractivity contribution is 0.499. The first-order valence-electron chi connectivity index (χ1n) is 7.08. The first kappa shape index (κ1) is 10.4. The Morgan fingerprint density at radius 2 is 1.78 bits per heavy atom. The summed E-state index contributed by atoms with van der Waals surface area (Å²) in [6.07, 6.45) is 15.5. The smallest absolute Gasteiger partial charge is 0.0423 e. The molecule has 0 saturated heterocycles. The molecule has 1 aromatic rings. The van der Waals surface area contributed by atoms with Gasteiger partial charge in [0.1, 0.15) is 0 Å². The van der Waals surface area contributed by atoms with Crippen LogP contribution in [0, 0.1) is 0 Å². The van der Waals surface area contributed by atoms with Crippen molar-refractivity contribution in [3.63, 3.8) is 0 Å². The van der Waals surface area contributed by atoms with Crippen LogP contribution < -0.4 is 0 Å². The van der Waals surface area contributed by atoms with Gasteiger partial charge >= 0.3 is 0 Å². The van der Waals surface area contributed by atoms with Gasteiger partial charge in [-0.15, -0.1) is 0 Å². The molecule has 1 aromatic carbocycles. The lowest BCUT2D eigenvalue weighted by atomic mass is 9.75. The number of fused-ring (bicyclic) bond motifs is 3. The molecular formula is C18H18. The second-order valence-electron chi connectivity index (χ2n) is 5.65. The minimum Gasteiger partial charge on any atom is -0.0801 e. The van der Waals surface area contributed by atoms with E-state index in [4.69, 9.17) is 0 Å². The van der Waals surface area contributed by atoms with Gasteiger partial charge in [-0.25, -0.2) is 0 Å². The van der Waals surface area contributed by atoms with E-state index in [0.717, 1.165) is 6.42 Å². The van der Waals surface area contributed by atoms with E-state index in [1.807, 2.05) is 0 Å². The third kappa shape index (κ3) is 1.26. The highest BCUT2D eigenvalue weighted by atomic mass is 14.6. The van der Waals surface area contributed by atoms with Gasteiger partial charge in [0.2, 0.25) is 0 Å². The van der Waals surface area contributed by atoms with Gasteiger partial charge in [-0.05, 0) is 42.4 Å². The zero-order valence-corrected chi connectivity index (χ0v) is 10.7. The molecule has 0 bridgehead atoms. The van der Waals surface area contributed by atoms with Crippen LogP contribution in [0.25, 0.3) is 0 Å². The Hall–Kier alpha value is -1.56. The Labute approximate surface area is 109 Å². The highest BCUT2D eigenvalue weighted by Gasteiger charge is 2.53. The third-order valence-corrected chi connectivity index (χ3v) is 4.80. The maximum Gasteiger partial charge on any atom is 0.0423 e. The van der Waals surface area contributed by atoms with Crippen LogP contribution >= 0.6 is 0 Å². The van der Waals surface area contributed by atoms with Crippen LogP contribution in [0.15, 0.2) is 59.7 Å². The van der Waals surface area contributed by atoms with Crippen LogP contribution in [0.5, 0.6) is 0 Å². The molecule has 0 heterocycles. The topological polar surface area (TPSA) is 0 Å². The van der Waals surface area contributed by atoms with E-state index in [-0.39, 0.29) is 0 Å². The normalized spacial score (nSPS) is 27.3. The fourth-order valence-electron chi connectivity index (χ4n) is 3.95. The Bertz CT molecular complexity index is 561. The van der Waals surface area contributed by atoms with E-state index in [9.17, 15) is 0 Å². The molecule has 0 aliphatic heterocycles. The van der Waals surface area contributed by atoms with Crippen molar-refractivity contribution < 1.29 is 0 Å². The van der Waals surface area contributed by atoms with Crippen LogP contribution in [0.4, 0.5) is 0 Å². The number of hydrogen-bond acceptors (Lipinski definition) is 0. The monoisotopic (exact) mass is 234 g/mol. The van der Waals surface area contributed by atoms with Gasteiger partial charge in [0.15, 0.2) is 0 Å². The van der Waals surface area contributed by atoms with Crippen molar-refractivity contribution in [2.24, 2.45) is 0 Å². The zero-order valence-electron chi connectivity index (χ0n) is 10.7. The summed E-state index contributed by atoms with van der Waals surface area (Å²) in [6.45, 7) is 0. The maximum absolute atomic E-state index is 2.34. The SMILES string of the molecule is C1=CCC(=C2CCCCC23c2ccccc23)C=C1. The summed E-state index contributed by atoms with van der Waals surface area (Å²) in [4.78, 5) is 0. The molecule has 90 valence electrons. The average Bonchev–Trinajstić information content (AvgIpc) is 3.09. The Morgan fingerprint density at radius 3 is 2.50 bits per heavy atom. The first-order chi connectivity index (χ1) is 8.93. The molecule has 1 fully saturated rings. The number of allylic oxidation sites excluding steroid dienone is 6. The standard InChI is InChI=1S/C18H18/c1-2-8-14(9-3-1)15-10-6-7-13-18(15)16-11-4-5-12-17(16)18/h1-5,8,11-12H,6-7,9-10,13H2. The molecule has 0 nitrogen and oxygen atoms in total. The molecular weight excluding hydrogens is 216 g/mol. The van der Waals surface area contributed by atoms with Gasteiger partial charge in [0, 0.05) is 5.41 Å². The predicted octanol–water partition coefficient (Wildman–Crippen LogP) is 4.67. The van der Waals surface area contributed by atoms with Crippen molar-refractivity contribution in [2.45, 2.75) is 37.5 Å². The molecule has 0 heteroatoms. The summed E-state index contributed by atoms with van der Waals surface area (Å²) in [5, 5.41) is 0. The van der Waals surface area contributed by atoms with Crippen molar-refractivity contribution in [1.29, 1.82) is 0 Å². The second-order valence-corrected chi connectivity index (χ2v) is 5.65. The number of benzene rings is 1. The Balaban J connectivity index is 1.84. The molecule has 3 aliphatic rings. The summed E-state index contributed by atoms with van der Waals surface area (Å²) in [6, 6.07) is 9.06. The Kier molecular flexibility index (Phi) is 2.14. The quantitative estimate of drug-likeness (QED) is 0.611. The minimum atomic E-state index is 0.354. The van der Waals surface area contributed by atoms with Crippen LogP contribution in [-0.2, 0) is 5.41 Å². The summed E-state index contributed by atoms with van der Waals surface area (Å²) in [7, 11) is 0. The molecule has 0 atom stereocenters. The number of hydrogen-bond donors (Lipinski definition) is 0. The lowest BCUT2D eigenvalue weighted by Crippen LogP contribution is -2.19. The zero-order chi connectivity index (χ0) is 12.0. The molecule has 0 unspecified atom stereocenters.